The van der Waals surface area contributed by atoms with Gasteiger partial charge in [0, 0.05) is 28.1 Å². The molecular formula is C65H43NO. The standard InChI is InChI=1S/C65H43NO/c1-2-20-44(21-3-1)50-27-6-7-28-52(50)53-29-8-9-30-54(53)57-32-11-15-37-62(57)66(47-25-18-24-46(42-47)51-33-19-23-45-22-4-5-26-49(45)51)48-40-41-56-55-31-10-12-34-58(55)65(61(56)43-48)59-35-13-16-38-63(59)67-64-39-17-14-36-60(64)65/h1-43H. The summed E-state index contributed by atoms with van der Waals surface area (Å²) in [4.78, 5) is 2.48. The van der Waals surface area contributed by atoms with E-state index in [1.54, 1.807) is 0 Å². The van der Waals surface area contributed by atoms with E-state index in [4.69, 9.17) is 4.74 Å². The molecule has 1 heterocycles. The maximum Gasteiger partial charge on any atom is 0.132 e. The minimum Gasteiger partial charge on any atom is -0.457 e. The molecule has 0 bridgehead atoms. The molecule has 0 N–H and O–H groups in total. The lowest BCUT2D eigenvalue weighted by atomic mass is 9.66. The van der Waals surface area contributed by atoms with Crippen LogP contribution in [0, 0.1) is 0 Å². The Balaban J connectivity index is 1.08. The van der Waals surface area contributed by atoms with Gasteiger partial charge in [-0.2, -0.15) is 0 Å². The van der Waals surface area contributed by atoms with Crippen molar-refractivity contribution in [3.63, 3.8) is 0 Å². The van der Waals surface area contributed by atoms with Gasteiger partial charge in [-0.25, -0.2) is 0 Å². The molecule has 11 aromatic carbocycles. The number of benzene rings is 11. The van der Waals surface area contributed by atoms with Crippen LogP contribution in [-0.2, 0) is 5.41 Å². The van der Waals surface area contributed by atoms with Gasteiger partial charge in [0.15, 0.2) is 0 Å². The van der Waals surface area contributed by atoms with Gasteiger partial charge in [-0.05, 0) is 114 Å². The summed E-state index contributed by atoms with van der Waals surface area (Å²) in [6.07, 6.45) is 0. The third-order valence-corrected chi connectivity index (χ3v) is 14.0. The zero-order valence-electron chi connectivity index (χ0n) is 36.7. The molecule has 0 amide bonds. The molecule has 2 heteroatoms. The van der Waals surface area contributed by atoms with Crippen molar-refractivity contribution in [2.24, 2.45) is 0 Å². The number of rotatable bonds is 7. The average molecular weight is 854 g/mol. The minimum absolute atomic E-state index is 0.614. The molecule has 0 aromatic heterocycles. The third-order valence-electron chi connectivity index (χ3n) is 14.0. The van der Waals surface area contributed by atoms with Crippen molar-refractivity contribution >= 4 is 27.8 Å². The summed E-state index contributed by atoms with van der Waals surface area (Å²) in [7, 11) is 0. The van der Waals surface area contributed by atoms with Gasteiger partial charge in [0.1, 0.15) is 11.5 Å². The Kier molecular flexibility index (Phi) is 9.11. The summed E-state index contributed by atoms with van der Waals surface area (Å²) >= 11 is 0. The normalized spacial score (nSPS) is 12.7. The van der Waals surface area contributed by atoms with Gasteiger partial charge in [-0.1, -0.05) is 218 Å². The van der Waals surface area contributed by atoms with Gasteiger partial charge in [0.25, 0.3) is 0 Å². The summed E-state index contributed by atoms with van der Waals surface area (Å²) in [5.74, 6) is 1.76. The molecule has 1 spiro atoms. The Bertz CT molecular complexity index is 3650. The van der Waals surface area contributed by atoms with Crippen LogP contribution in [0.1, 0.15) is 22.3 Å². The fraction of sp³-hybridized carbons (Fsp3) is 0.0154. The first-order valence-corrected chi connectivity index (χ1v) is 23.1. The Hall–Kier alpha value is -8.72. The molecular weight excluding hydrogens is 811 g/mol. The number of fused-ring (bicyclic) bond motifs is 10. The van der Waals surface area contributed by atoms with Crippen LogP contribution in [0.15, 0.2) is 261 Å². The molecule has 0 radical (unpaired) electrons. The lowest BCUT2D eigenvalue weighted by Crippen LogP contribution is -2.32. The highest BCUT2D eigenvalue weighted by atomic mass is 16.5. The molecule has 2 nitrogen and oxygen atoms in total. The average Bonchev–Trinajstić information content (AvgIpc) is 3.69. The van der Waals surface area contributed by atoms with E-state index in [-0.39, 0.29) is 0 Å². The van der Waals surface area contributed by atoms with Crippen molar-refractivity contribution in [1.29, 1.82) is 0 Å². The maximum atomic E-state index is 6.73. The Morgan fingerprint density at radius 2 is 0.776 bits per heavy atom. The van der Waals surface area contributed by atoms with Crippen molar-refractivity contribution in [3.8, 4) is 67.1 Å². The molecule has 0 unspecified atom stereocenters. The van der Waals surface area contributed by atoms with Crippen LogP contribution >= 0.6 is 0 Å². The predicted octanol–water partition coefficient (Wildman–Crippen LogP) is 17.4. The highest BCUT2D eigenvalue weighted by Crippen LogP contribution is 2.63. The molecule has 2 aliphatic rings. The first-order chi connectivity index (χ1) is 33.3. The van der Waals surface area contributed by atoms with E-state index in [2.05, 4.69) is 266 Å². The van der Waals surface area contributed by atoms with Crippen LogP contribution < -0.4 is 9.64 Å². The molecule has 0 saturated heterocycles. The predicted molar refractivity (Wildman–Crippen MR) is 278 cm³/mol. The number of anilines is 3. The largest absolute Gasteiger partial charge is 0.457 e. The molecule has 0 saturated carbocycles. The SMILES string of the molecule is c1ccc(-c2ccccc2-c2ccccc2-c2ccccc2N(c2cccc(-c3cccc4ccccc34)c2)c2ccc3c(c2)C2(c4ccccc4Oc4ccccc42)c2ccccc2-3)cc1. The third kappa shape index (κ3) is 6.11. The van der Waals surface area contributed by atoms with Gasteiger partial charge in [-0.15, -0.1) is 0 Å². The summed E-state index contributed by atoms with van der Waals surface area (Å²) in [6.45, 7) is 0. The minimum atomic E-state index is -0.614. The topological polar surface area (TPSA) is 12.5 Å². The zero-order chi connectivity index (χ0) is 44.3. The number of hydrogen-bond donors (Lipinski definition) is 0. The van der Waals surface area contributed by atoms with Crippen LogP contribution in [0.3, 0.4) is 0 Å². The highest BCUT2D eigenvalue weighted by Gasteiger charge is 2.51. The second-order valence-electron chi connectivity index (χ2n) is 17.5. The molecule has 1 aliphatic heterocycles. The second kappa shape index (κ2) is 15.8. The molecule has 11 aromatic rings. The second-order valence-corrected chi connectivity index (χ2v) is 17.5. The van der Waals surface area contributed by atoms with E-state index in [0.29, 0.717) is 0 Å². The Morgan fingerprint density at radius 1 is 0.284 bits per heavy atom. The molecule has 0 fully saturated rings. The number of hydrogen-bond acceptors (Lipinski definition) is 2. The summed E-state index contributed by atoms with van der Waals surface area (Å²) in [5, 5.41) is 2.45. The number of para-hydroxylation sites is 3. The van der Waals surface area contributed by atoms with Crippen LogP contribution in [0.5, 0.6) is 11.5 Å². The lowest BCUT2D eigenvalue weighted by Gasteiger charge is -2.39. The highest BCUT2D eigenvalue weighted by molar-refractivity contribution is 6.00. The summed E-state index contributed by atoms with van der Waals surface area (Å²) < 4.78 is 6.73. The summed E-state index contributed by atoms with van der Waals surface area (Å²) in [6, 6.07) is 95.0. The zero-order valence-corrected chi connectivity index (χ0v) is 36.7. The van der Waals surface area contributed by atoms with Crippen molar-refractivity contribution in [2.45, 2.75) is 5.41 Å². The number of nitrogens with zero attached hydrogens (tertiary/aromatic N) is 1. The maximum absolute atomic E-state index is 6.73. The van der Waals surface area contributed by atoms with Crippen LogP contribution in [0.25, 0.3) is 66.4 Å². The molecule has 13 rings (SSSR count). The molecule has 314 valence electrons. The molecule has 67 heavy (non-hydrogen) atoms. The molecule has 1 aliphatic carbocycles. The van der Waals surface area contributed by atoms with Crippen LogP contribution in [-0.4, -0.2) is 0 Å². The monoisotopic (exact) mass is 853 g/mol. The van der Waals surface area contributed by atoms with Gasteiger partial charge >= 0.3 is 0 Å². The van der Waals surface area contributed by atoms with E-state index in [1.807, 2.05) is 0 Å². The van der Waals surface area contributed by atoms with E-state index in [1.165, 1.54) is 60.8 Å². The van der Waals surface area contributed by atoms with Gasteiger partial charge in [0.2, 0.25) is 0 Å². The first-order valence-electron chi connectivity index (χ1n) is 23.1. The van der Waals surface area contributed by atoms with Crippen molar-refractivity contribution in [1.82, 2.24) is 0 Å². The van der Waals surface area contributed by atoms with E-state index in [9.17, 15) is 0 Å². The lowest BCUT2D eigenvalue weighted by molar-refractivity contribution is 0.436. The van der Waals surface area contributed by atoms with Gasteiger partial charge in [-0.3, -0.25) is 0 Å². The van der Waals surface area contributed by atoms with Crippen molar-refractivity contribution in [3.05, 3.63) is 283 Å². The van der Waals surface area contributed by atoms with Gasteiger partial charge in [0.05, 0.1) is 11.1 Å². The first kappa shape index (κ1) is 38.7. The van der Waals surface area contributed by atoms with E-state index in [0.717, 1.165) is 56.4 Å². The van der Waals surface area contributed by atoms with Crippen molar-refractivity contribution < 1.29 is 4.74 Å². The van der Waals surface area contributed by atoms with Gasteiger partial charge < -0.3 is 9.64 Å². The summed E-state index contributed by atoms with van der Waals surface area (Å²) in [5.41, 5.74) is 19.3. The smallest absolute Gasteiger partial charge is 0.132 e. The Labute approximate surface area is 391 Å². The van der Waals surface area contributed by atoms with Crippen LogP contribution in [0.2, 0.25) is 0 Å². The van der Waals surface area contributed by atoms with Crippen molar-refractivity contribution in [2.75, 3.05) is 4.90 Å². The Morgan fingerprint density at radius 3 is 1.54 bits per heavy atom. The van der Waals surface area contributed by atoms with E-state index < -0.39 is 5.41 Å². The van der Waals surface area contributed by atoms with E-state index >= 15 is 0 Å². The fourth-order valence-corrected chi connectivity index (χ4v) is 11.1. The molecule has 0 atom stereocenters. The fourth-order valence-electron chi connectivity index (χ4n) is 11.1. The van der Waals surface area contributed by atoms with Crippen LogP contribution in [0.4, 0.5) is 17.1 Å². The quantitative estimate of drug-likeness (QED) is 0.158. The number of ether oxygens (including phenoxy) is 1.